The van der Waals surface area contributed by atoms with E-state index < -0.39 is 0 Å². The topological polar surface area (TPSA) is 26.3 Å². The third-order valence-corrected chi connectivity index (χ3v) is 7.59. The van der Waals surface area contributed by atoms with Gasteiger partial charge in [0.25, 0.3) is 0 Å². The molecule has 0 aromatic carbocycles. The first-order chi connectivity index (χ1) is 13.1. The SMILES string of the molecule is C=C1CC[C@@H]2C[C@H](C(=C)C)[C@@]2(C)CC[C@H](C(=C)C(=O)OC)C[C@H]1CC=C(C)C. The van der Waals surface area contributed by atoms with Crippen LogP contribution in [0.5, 0.6) is 0 Å². The maximum Gasteiger partial charge on any atom is 0.333 e. The average Bonchev–Trinajstić information content (AvgIpc) is 2.63. The molecule has 2 aliphatic rings. The number of carbonyl (C=O) groups is 1. The van der Waals surface area contributed by atoms with Crippen molar-refractivity contribution >= 4 is 5.97 Å². The molecular weight excluding hydrogens is 344 g/mol. The van der Waals surface area contributed by atoms with Crippen LogP contribution in [0, 0.1) is 29.1 Å². The maximum absolute atomic E-state index is 12.3. The van der Waals surface area contributed by atoms with Crippen LogP contribution >= 0.6 is 0 Å². The highest BCUT2D eigenvalue weighted by atomic mass is 16.5. The summed E-state index contributed by atoms with van der Waals surface area (Å²) in [5.41, 5.74) is 4.89. The van der Waals surface area contributed by atoms with Gasteiger partial charge in [0.05, 0.1) is 7.11 Å². The largest absolute Gasteiger partial charge is 0.466 e. The minimum Gasteiger partial charge on any atom is -0.466 e. The van der Waals surface area contributed by atoms with Gasteiger partial charge in [-0.1, -0.05) is 49.5 Å². The molecule has 0 aliphatic heterocycles. The zero-order valence-electron chi connectivity index (χ0n) is 18.8. The Hall–Kier alpha value is -1.57. The quantitative estimate of drug-likeness (QED) is 0.288. The highest BCUT2D eigenvalue weighted by Crippen LogP contribution is 2.60. The van der Waals surface area contributed by atoms with E-state index in [-0.39, 0.29) is 17.3 Å². The first-order valence-corrected chi connectivity index (χ1v) is 10.8. The van der Waals surface area contributed by atoms with Crippen LogP contribution in [0.15, 0.2) is 48.1 Å². The Morgan fingerprint density at radius 2 is 1.89 bits per heavy atom. The molecule has 156 valence electrons. The zero-order chi connectivity index (χ0) is 21.1. The van der Waals surface area contributed by atoms with Crippen molar-refractivity contribution in [3.05, 3.63) is 48.1 Å². The Bertz CT molecular complexity index is 664. The number of carbonyl (C=O) groups excluding carboxylic acids is 1. The average molecular weight is 385 g/mol. The molecule has 0 heterocycles. The van der Waals surface area contributed by atoms with Crippen molar-refractivity contribution in [1.29, 1.82) is 0 Å². The molecule has 2 rings (SSSR count). The zero-order valence-corrected chi connectivity index (χ0v) is 18.8. The fourth-order valence-electron chi connectivity index (χ4n) is 5.47. The Morgan fingerprint density at radius 1 is 1.21 bits per heavy atom. The molecule has 0 aromatic rings. The molecule has 2 saturated carbocycles. The van der Waals surface area contributed by atoms with Crippen LogP contribution in [0.4, 0.5) is 0 Å². The van der Waals surface area contributed by atoms with Crippen LogP contribution in [0.2, 0.25) is 0 Å². The highest BCUT2D eigenvalue weighted by Gasteiger charge is 2.51. The number of rotatable bonds is 5. The van der Waals surface area contributed by atoms with Crippen molar-refractivity contribution in [2.75, 3.05) is 7.11 Å². The van der Waals surface area contributed by atoms with E-state index in [4.69, 9.17) is 4.74 Å². The van der Waals surface area contributed by atoms with Crippen LogP contribution in [-0.4, -0.2) is 13.1 Å². The van der Waals surface area contributed by atoms with Gasteiger partial charge in [0.1, 0.15) is 0 Å². The third kappa shape index (κ3) is 4.88. The summed E-state index contributed by atoms with van der Waals surface area (Å²) >= 11 is 0. The summed E-state index contributed by atoms with van der Waals surface area (Å²) < 4.78 is 5.01. The second-order valence-corrected chi connectivity index (χ2v) is 9.74. The van der Waals surface area contributed by atoms with E-state index in [2.05, 4.69) is 53.5 Å². The minimum atomic E-state index is -0.264. The normalized spacial score (nSPS) is 33.1. The first kappa shape index (κ1) is 22.7. The van der Waals surface area contributed by atoms with Crippen LogP contribution in [-0.2, 0) is 9.53 Å². The standard InChI is InChI=1S/C26H40O2/c1-17(2)9-11-21-15-22(20(6)25(27)28-8)13-14-26(7)23(12-10-19(21)5)16-24(26)18(3)4/h9,21-24H,3,5-6,10-16H2,1-2,4,7-8H3/t21-,22+,23-,24-,26+/m1/s1. The van der Waals surface area contributed by atoms with Crippen molar-refractivity contribution < 1.29 is 9.53 Å². The first-order valence-electron chi connectivity index (χ1n) is 10.8. The second kappa shape index (κ2) is 9.29. The van der Waals surface area contributed by atoms with Gasteiger partial charge >= 0.3 is 5.97 Å². The molecule has 0 saturated heterocycles. The van der Waals surface area contributed by atoms with E-state index in [0.717, 1.165) is 38.0 Å². The molecule has 0 N–H and O–H groups in total. The van der Waals surface area contributed by atoms with Gasteiger partial charge in [-0.05, 0) is 94.8 Å². The van der Waals surface area contributed by atoms with E-state index in [1.807, 2.05) is 0 Å². The molecule has 0 unspecified atom stereocenters. The van der Waals surface area contributed by atoms with Crippen LogP contribution in [0.1, 0.15) is 72.6 Å². The van der Waals surface area contributed by atoms with Crippen LogP contribution < -0.4 is 0 Å². The van der Waals surface area contributed by atoms with E-state index in [1.165, 1.54) is 36.7 Å². The van der Waals surface area contributed by atoms with Crippen LogP contribution in [0.25, 0.3) is 0 Å². The lowest BCUT2D eigenvalue weighted by molar-refractivity contribution is -0.136. The Kier molecular flexibility index (Phi) is 7.53. The molecule has 0 aromatic heterocycles. The molecule has 2 aliphatic carbocycles. The van der Waals surface area contributed by atoms with Gasteiger partial charge in [-0.15, -0.1) is 0 Å². The van der Waals surface area contributed by atoms with Crippen LogP contribution in [0.3, 0.4) is 0 Å². The van der Waals surface area contributed by atoms with Crippen molar-refractivity contribution in [2.45, 2.75) is 72.6 Å². The summed E-state index contributed by atoms with van der Waals surface area (Å²) in [5.74, 6) is 1.61. The second-order valence-electron chi connectivity index (χ2n) is 9.74. The predicted octanol–water partition coefficient (Wildman–Crippen LogP) is 7.04. The predicted molar refractivity (Wildman–Crippen MR) is 119 cm³/mol. The molecule has 0 amide bonds. The summed E-state index contributed by atoms with van der Waals surface area (Å²) in [4.78, 5) is 12.3. The van der Waals surface area contributed by atoms with Gasteiger partial charge in [-0.2, -0.15) is 0 Å². The Morgan fingerprint density at radius 3 is 2.46 bits per heavy atom. The summed E-state index contributed by atoms with van der Waals surface area (Å²) in [6.45, 7) is 21.8. The molecule has 5 atom stereocenters. The van der Waals surface area contributed by atoms with Gasteiger partial charge in [0.15, 0.2) is 0 Å². The lowest BCUT2D eigenvalue weighted by Crippen LogP contribution is -2.48. The molecule has 0 spiro atoms. The lowest BCUT2D eigenvalue weighted by Gasteiger charge is -2.56. The van der Waals surface area contributed by atoms with Crippen molar-refractivity contribution in [3.8, 4) is 0 Å². The maximum atomic E-state index is 12.3. The van der Waals surface area contributed by atoms with Gasteiger partial charge in [0, 0.05) is 5.57 Å². The number of esters is 1. The number of ether oxygens (including phenoxy) is 1. The highest BCUT2D eigenvalue weighted by molar-refractivity contribution is 5.88. The van der Waals surface area contributed by atoms with Gasteiger partial charge in [-0.3, -0.25) is 0 Å². The molecule has 0 radical (unpaired) electrons. The smallest absolute Gasteiger partial charge is 0.333 e. The molecule has 2 fully saturated rings. The summed E-state index contributed by atoms with van der Waals surface area (Å²) in [5, 5.41) is 0. The van der Waals surface area contributed by atoms with E-state index >= 15 is 0 Å². The lowest BCUT2D eigenvalue weighted by atomic mass is 9.48. The Balaban J connectivity index is 2.29. The van der Waals surface area contributed by atoms with Crippen molar-refractivity contribution in [1.82, 2.24) is 0 Å². The number of fused-ring (bicyclic) bond motifs is 1. The number of allylic oxidation sites excluding steroid dienone is 4. The van der Waals surface area contributed by atoms with Crippen molar-refractivity contribution in [3.63, 3.8) is 0 Å². The monoisotopic (exact) mass is 384 g/mol. The number of methoxy groups -OCH3 is 1. The molecular formula is C26H40O2. The van der Waals surface area contributed by atoms with Gasteiger partial charge < -0.3 is 4.74 Å². The molecule has 28 heavy (non-hydrogen) atoms. The molecule has 2 heteroatoms. The molecule has 0 bridgehead atoms. The minimum absolute atomic E-state index is 0.154. The fourth-order valence-corrected chi connectivity index (χ4v) is 5.47. The van der Waals surface area contributed by atoms with E-state index in [1.54, 1.807) is 0 Å². The van der Waals surface area contributed by atoms with Gasteiger partial charge in [-0.25, -0.2) is 4.79 Å². The third-order valence-electron chi connectivity index (χ3n) is 7.59. The molecule has 2 nitrogen and oxygen atoms in total. The van der Waals surface area contributed by atoms with E-state index in [0.29, 0.717) is 17.4 Å². The Labute approximate surface area is 172 Å². The summed E-state index contributed by atoms with van der Waals surface area (Å²) in [6, 6.07) is 0. The fraction of sp³-hybridized carbons (Fsp3) is 0.654. The number of hydrogen-bond acceptors (Lipinski definition) is 2. The van der Waals surface area contributed by atoms with E-state index in [9.17, 15) is 4.79 Å². The summed E-state index contributed by atoms with van der Waals surface area (Å²) in [7, 11) is 1.45. The van der Waals surface area contributed by atoms with Gasteiger partial charge in [0.2, 0.25) is 0 Å². The number of hydrogen-bond donors (Lipinski definition) is 0. The van der Waals surface area contributed by atoms with Crippen molar-refractivity contribution in [2.24, 2.45) is 29.1 Å². The summed E-state index contributed by atoms with van der Waals surface area (Å²) in [6.07, 6.45) is 9.93.